The van der Waals surface area contributed by atoms with Gasteiger partial charge in [-0.1, -0.05) is 19.4 Å². The molecule has 1 heterocycles. The van der Waals surface area contributed by atoms with Crippen LogP contribution in [0.2, 0.25) is 0 Å². The van der Waals surface area contributed by atoms with Crippen LogP contribution in [0.25, 0.3) is 0 Å². The second-order valence-corrected chi connectivity index (χ2v) is 11.1. The van der Waals surface area contributed by atoms with Crippen LogP contribution in [-0.2, 0) is 16.1 Å². The predicted octanol–water partition coefficient (Wildman–Crippen LogP) is 4.99. The summed E-state index contributed by atoms with van der Waals surface area (Å²) in [6, 6.07) is 3.59. The predicted molar refractivity (Wildman–Crippen MR) is 119 cm³/mol. The van der Waals surface area contributed by atoms with Crippen molar-refractivity contribution >= 4 is 5.78 Å². The van der Waals surface area contributed by atoms with Gasteiger partial charge in [-0.05, 0) is 85.7 Å². The minimum absolute atomic E-state index is 0.259. The van der Waals surface area contributed by atoms with Crippen LogP contribution < -0.4 is 4.57 Å². The van der Waals surface area contributed by atoms with E-state index in [1.54, 1.807) is 12.3 Å². The highest BCUT2D eigenvalue weighted by molar-refractivity contribution is 5.91. The maximum atomic E-state index is 12.0. The number of nitrogens with zero attached hydrogens (tertiary/aromatic N) is 1. The van der Waals surface area contributed by atoms with E-state index < -0.39 is 0 Å². The number of ether oxygens (including phenoxy) is 1. The molecule has 0 aliphatic heterocycles. The summed E-state index contributed by atoms with van der Waals surface area (Å²) in [6.07, 6.45) is 16.4. The largest absolute Gasteiger partial charge is 0.503 e. The normalized spacial score (nSPS) is 39.4. The van der Waals surface area contributed by atoms with Gasteiger partial charge in [0.25, 0.3) is 0 Å². The van der Waals surface area contributed by atoms with Crippen molar-refractivity contribution in [3.05, 3.63) is 36.2 Å². The van der Waals surface area contributed by atoms with Gasteiger partial charge in [-0.3, -0.25) is 4.79 Å². The average Bonchev–Trinajstić information content (AvgIpc) is 3.08. The van der Waals surface area contributed by atoms with E-state index in [9.17, 15) is 9.90 Å². The molecule has 0 bridgehead atoms. The number of carbonyl (C=O) groups is 1. The molecule has 1 aromatic heterocycles. The van der Waals surface area contributed by atoms with Gasteiger partial charge in [0.1, 0.15) is 0 Å². The maximum Gasteiger partial charge on any atom is 0.210 e. The topological polar surface area (TPSA) is 50.4 Å². The first-order chi connectivity index (χ1) is 14.9. The molecule has 3 saturated carbocycles. The zero-order chi connectivity index (χ0) is 21.6. The Balaban J connectivity index is 1.22. The van der Waals surface area contributed by atoms with E-state index >= 15 is 0 Å². The van der Waals surface area contributed by atoms with Crippen LogP contribution >= 0.6 is 0 Å². The molecular weight excluding hydrogens is 386 g/mol. The number of hydrogen-bond acceptors (Lipinski definition) is 3. The summed E-state index contributed by atoms with van der Waals surface area (Å²) in [6.45, 7) is 6.63. The lowest BCUT2D eigenvalue weighted by Crippen LogP contribution is -2.51. The molecule has 6 atom stereocenters. The van der Waals surface area contributed by atoms with Crippen molar-refractivity contribution in [2.45, 2.75) is 84.3 Å². The Morgan fingerprint density at radius 2 is 2.00 bits per heavy atom. The van der Waals surface area contributed by atoms with Crippen molar-refractivity contribution in [3.8, 4) is 5.75 Å². The number of aromatic hydroxyl groups is 1. The summed E-state index contributed by atoms with van der Waals surface area (Å²) in [4.78, 5) is 12.0. The third kappa shape index (κ3) is 3.65. The van der Waals surface area contributed by atoms with Crippen LogP contribution in [0.5, 0.6) is 5.75 Å². The minimum Gasteiger partial charge on any atom is -0.503 e. The molecule has 4 aliphatic rings. The molecule has 1 N–H and O–H groups in total. The van der Waals surface area contributed by atoms with Crippen LogP contribution in [0, 0.1) is 28.6 Å². The minimum atomic E-state index is 0.259. The van der Waals surface area contributed by atoms with Crippen LogP contribution in [0.4, 0.5) is 0 Å². The van der Waals surface area contributed by atoms with Gasteiger partial charge in [0.15, 0.2) is 24.3 Å². The van der Waals surface area contributed by atoms with Gasteiger partial charge in [-0.15, -0.1) is 0 Å². The van der Waals surface area contributed by atoms with E-state index in [0.717, 1.165) is 56.6 Å². The number of rotatable bonds is 5. The van der Waals surface area contributed by atoms with E-state index in [2.05, 4.69) is 13.8 Å². The maximum absolute atomic E-state index is 12.0. The van der Waals surface area contributed by atoms with Crippen molar-refractivity contribution in [1.29, 1.82) is 0 Å². The van der Waals surface area contributed by atoms with Crippen LogP contribution in [-0.4, -0.2) is 23.6 Å². The Labute approximate surface area is 186 Å². The Hall–Kier alpha value is -1.68. The highest BCUT2D eigenvalue weighted by Gasteiger charge is 2.59. The molecule has 4 nitrogen and oxygen atoms in total. The number of hydrogen-bond donors (Lipinski definition) is 1. The molecule has 3 fully saturated rings. The zero-order valence-electron chi connectivity index (χ0n) is 19.2. The Kier molecular flexibility index (Phi) is 5.48. The van der Waals surface area contributed by atoms with E-state index in [-0.39, 0.29) is 5.41 Å². The Morgan fingerprint density at radius 3 is 2.84 bits per heavy atom. The smallest absolute Gasteiger partial charge is 0.210 e. The number of fused-ring (bicyclic) bond motifs is 5. The van der Waals surface area contributed by atoms with Crippen molar-refractivity contribution in [2.75, 3.05) is 6.61 Å². The molecule has 0 amide bonds. The Morgan fingerprint density at radius 1 is 1.13 bits per heavy atom. The summed E-state index contributed by atoms with van der Waals surface area (Å²) in [7, 11) is 0. The van der Waals surface area contributed by atoms with Crippen LogP contribution in [0.3, 0.4) is 0 Å². The molecule has 0 saturated heterocycles. The summed E-state index contributed by atoms with van der Waals surface area (Å²) >= 11 is 0. The zero-order valence-corrected chi connectivity index (χ0v) is 19.2. The second kappa shape index (κ2) is 8.03. The SMILES string of the molecule is C[C@]12CC[C@H]3[C@@H](CCC4=CC(=O)CC[C@@]43C)[C@@H]1CC[C@@H]2OCCC[n+]1cccc(O)c1. The first-order valence-electron chi connectivity index (χ1n) is 12.4. The molecule has 1 aromatic rings. The van der Waals surface area contributed by atoms with Gasteiger partial charge in [-0.2, -0.15) is 0 Å². The number of aromatic nitrogens is 1. The number of allylic oxidation sites excluding steroid dienone is 1. The van der Waals surface area contributed by atoms with Gasteiger partial charge in [0, 0.05) is 18.9 Å². The van der Waals surface area contributed by atoms with Gasteiger partial charge in [0.05, 0.1) is 12.7 Å². The van der Waals surface area contributed by atoms with E-state index in [0.29, 0.717) is 23.1 Å². The fraction of sp³-hybridized carbons (Fsp3) is 0.704. The first-order valence-corrected chi connectivity index (χ1v) is 12.4. The quantitative estimate of drug-likeness (QED) is 0.535. The monoisotopic (exact) mass is 424 g/mol. The summed E-state index contributed by atoms with van der Waals surface area (Å²) in [5, 5.41) is 9.63. The van der Waals surface area contributed by atoms with Gasteiger partial charge < -0.3 is 9.84 Å². The number of pyridine rings is 1. The fourth-order valence-electron chi connectivity index (χ4n) is 7.90. The Bertz CT molecular complexity index is 879. The number of aryl methyl sites for hydroxylation is 1. The highest BCUT2D eigenvalue weighted by atomic mass is 16.5. The third-order valence-corrected chi connectivity index (χ3v) is 9.60. The molecular formula is C27H38NO3+. The molecule has 5 rings (SSSR count). The second-order valence-electron chi connectivity index (χ2n) is 11.1. The lowest BCUT2D eigenvalue weighted by Gasteiger charge is -2.58. The molecule has 0 radical (unpaired) electrons. The standard InChI is InChI=1S/C27H37NO3/c1-26-12-10-20(29)17-19(26)6-7-22-23-8-9-25(27(23,2)13-11-24(22)26)31-16-4-15-28-14-3-5-21(30)18-28/h3,5,14,17-18,22-25H,4,6-13,15-16H2,1-2H3/p+1/t22-,23-,24-,25-,26-,27-/m0/s1. The number of carbonyl (C=O) groups excluding carboxylic acids is 1. The molecule has 0 unspecified atom stereocenters. The van der Waals surface area contributed by atoms with Crippen molar-refractivity contribution in [2.24, 2.45) is 28.6 Å². The highest BCUT2D eigenvalue weighted by Crippen LogP contribution is 2.65. The van der Waals surface area contributed by atoms with Crippen molar-refractivity contribution in [1.82, 2.24) is 0 Å². The molecule has 4 aliphatic carbocycles. The molecule has 0 aromatic carbocycles. The van der Waals surface area contributed by atoms with Crippen molar-refractivity contribution in [3.63, 3.8) is 0 Å². The summed E-state index contributed by atoms with van der Waals surface area (Å²) in [5.41, 5.74) is 2.03. The molecule has 168 valence electrons. The third-order valence-electron chi connectivity index (χ3n) is 9.60. The van der Waals surface area contributed by atoms with Gasteiger partial charge in [0.2, 0.25) is 6.20 Å². The summed E-state index contributed by atoms with van der Waals surface area (Å²) < 4.78 is 8.55. The molecule has 31 heavy (non-hydrogen) atoms. The number of ketones is 1. The van der Waals surface area contributed by atoms with Crippen molar-refractivity contribution < 1.29 is 19.2 Å². The van der Waals surface area contributed by atoms with E-state index in [1.807, 2.05) is 22.9 Å². The fourth-order valence-corrected chi connectivity index (χ4v) is 7.90. The van der Waals surface area contributed by atoms with E-state index in [1.165, 1.54) is 37.7 Å². The first kappa shape index (κ1) is 21.2. The van der Waals surface area contributed by atoms with E-state index in [4.69, 9.17) is 4.74 Å². The molecule has 0 spiro atoms. The van der Waals surface area contributed by atoms with Crippen LogP contribution in [0.15, 0.2) is 36.2 Å². The van der Waals surface area contributed by atoms with Gasteiger partial charge in [-0.25, -0.2) is 4.57 Å². The molecule has 4 heteroatoms. The summed E-state index contributed by atoms with van der Waals surface area (Å²) in [5.74, 6) is 2.98. The average molecular weight is 425 g/mol. The van der Waals surface area contributed by atoms with Crippen LogP contribution in [0.1, 0.15) is 71.6 Å². The lowest BCUT2D eigenvalue weighted by molar-refractivity contribution is -0.697. The lowest BCUT2D eigenvalue weighted by atomic mass is 9.47. The van der Waals surface area contributed by atoms with Gasteiger partial charge >= 0.3 is 0 Å².